The zero-order chi connectivity index (χ0) is 13.2. The van der Waals surface area contributed by atoms with Crippen LogP contribution >= 0.6 is 0 Å². The number of rotatable bonds is 3. The molecule has 0 radical (unpaired) electrons. The van der Waals surface area contributed by atoms with E-state index in [1.54, 1.807) is 6.20 Å². The molecule has 1 unspecified atom stereocenters. The lowest BCUT2D eigenvalue weighted by atomic mass is 10.2. The monoisotopic (exact) mass is 261 g/mol. The molecular weight excluding hydrogens is 242 g/mol. The topological polar surface area (TPSA) is 69.2 Å². The van der Waals surface area contributed by atoms with E-state index < -0.39 is 0 Å². The summed E-state index contributed by atoms with van der Waals surface area (Å²) in [5.41, 5.74) is 7.75. The Morgan fingerprint density at radius 2 is 2.21 bits per heavy atom. The molecule has 6 nitrogen and oxygen atoms in total. The number of ether oxygens (including phenoxy) is 1. The van der Waals surface area contributed by atoms with Crippen molar-refractivity contribution in [1.29, 1.82) is 0 Å². The maximum atomic E-state index is 6.03. The second-order valence-corrected chi connectivity index (χ2v) is 4.95. The maximum Gasteiger partial charge on any atom is 0.202 e. The molecule has 0 amide bonds. The van der Waals surface area contributed by atoms with Crippen LogP contribution in [0, 0.1) is 0 Å². The van der Waals surface area contributed by atoms with Gasteiger partial charge in [-0.3, -0.25) is 9.47 Å². The van der Waals surface area contributed by atoms with Gasteiger partial charge in [0.25, 0.3) is 0 Å². The van der Waals surface area contributed by atoms with Gasteiger partial charge in [-0.1, -0.05) is 0 Å². The van der Waals surface area contributed by atoms with Gasteiger partial charge in [-0.25, -0.2) is 9.97 Å². The molecule has 3 heterocycles. The van der Waals surface area contributed by atoms with Crippen molar-refractivity contribution in [2.24, 2.45) is 0 Å². The van der Waals surface area contributed by atoms with Gasteiger partial charge in [-0.15, -0.1) is 0 Å². The lowest BCUT2D eigenvalue weighted by Gasteiger charge is -2.29. The van der Waals surface area contributed by atoms with Gasteiger partial charge in [-0.2, -0.15) is 0 Å². The summed E-state index contributed by atoms with van der Waals surface area (Å²) in [6, 6.07) is 4.07. The number of pyridine rings is 1. The third-order valence-corrected chi connectivity index (χ3v) is 3.54. The van der Waals surface area contributed by atoms with Crippen molar-refractivity contribution in [2.75, 3.05) is 38.6 Å². The smallest absolute Gasteiger partial charge is 0.202 e. The highest BCUT2D eigenvalue weighted by Crippen LogP contribution is 2.21. The third-order valence-electron chi connectivity index (χ3n) is 3.54. The van der Waals surface area contributed by atoms with E-state index in [4.69, 9.17) is 10.5 Å². The van der Waals surface area contributed by atoms with E-state index in [2.05, 4.69) is 21.8 Å². The third kappa shape index (κ3) is 2.41. The van der Waals surface area contributed by atoms with Crippen LogP contribution in [-0.4, -0.2) is 52.3 Å². The van der Waals surface area contributed by atoms with Gasteiger partial charge < -0.3 is 10.5 Å². The van der Waals surface area contributed by atoms with Crippen LogP contribution < -0.4 is 5.73 Å². The second kappa shape index (κ2) is 5.14. The first kappa shape index (κ1) is 12.4. The Morgan fingerprint density at radius 3 is 3.00 bits per heavy atom. The van der Waals surface area contributed by atoms with Crippen molar-refractivity contribution in [3.63, 3.8) is 0 Å². The van der Waals surface area contributed by atoms with E-state index in [1.165, 1.54) is 0 Å². The molecule has 1 saturated heterocycles. The highest BCUT2D eigenvalue weighted by atomic mass is 16.5. The van der Waals surface area contributed by atoms with Crippen molar-refractivity contribution in [2.45, 2.75) is 13.0 Å². The Balaban J connectivity index is 1.84. The van der Waals surface area contributed by atoms with Crippen LogP contribution in [0.4, 0.5) is 5.95 Å². The number of anilines is 1. The Kier molecular flexibility index (Phi) is 3.35. The van der Waals surface area contributed by atoms with Crippen molar-refractivity contribution >= 4 is 17.1 Å². The van der Waals surface area contributed by atoms with Crippen LogP contribution in [0.1, 0.15) is 13.0 Å². The van der Waals surface area contributed by atoms with Crippen LogP contribution in [0.3, 0.4) is 0 Å². The Bertz CT molecular complexity index is 561. The minimum Gasteiger partial charge on any atom is -0.379 e. The fourth-order valence-electron chi connectivity index (χ4n) is 2.62. The zero-order valence-corrected chi connectivity index (χ0v) is 11.1. The van der Waals surface area contributed by atoms with Gasteiger partial charge in [0.1, 0.15) is 5.52 Å². The van der Waals surface area contributed by atoms with Crippen molar-refractivity contribution in [3.8, 4) is 0 Å². The van der Waals surface area contributed by atoms with Crippen molar-refractivity contribution < 1.29 is 4.74 Å². The average Bonchev–Trinajstić information content (AvgIpc) is 2.75. The van der Waals surface area contributed by atoms with E-state index in [0.29, 0.717) is 5.95 Å². The molecule has 3 rings (SSSR count). The summed E-state index contributed by atoms with van der Waals surface area (Å²) in [6.45, 7) is 6.67. The first-order valence-electron chi connectivity index (χ1n) is 6.64. The van der Waals surface area contributed by atoms with E-state index in [1.807, 2.05) is 16.7 Å². The number of hydrogen-bond acceptors (Lipinski definition) is 5. The van der Waals surface area contributed by atoms with Crippen LogP contribution in [0.2, 0.25) is 0 Å². The second-order valence-electron chi connectivity index (χ2n) is 4.95. The van der Waals surface area contributed by atoms with Gasteiger partial charge in [0, 0.05) is 31.9 Å². The SMILES string of the molecule is CC(CN1CCOCC1)n1c(N)nc2cccnc21. The Labute approximate surface area is 112 Å². The molecule has 1 fully saturated rings. The summed E-state index contributed by atoms with van der Waals surface area (Å²) < 4.78 is 7.39. The van der Waals surface area contributed by atoms with E-state index in [-0.39, 0.29) is 6.04 Å². The van der Waals surface area contributed by atoms with E-state index >= 15 is 0 Å². The molecular formula is C13H19N5O. The maximum absolute atomic E-state index is 6.03. The predicted octanol–water partition coefficient (Wildman–Crippen LogP) is 0.907. The molecule has 6 heteroatoms. The van der Waals surface area contributed by atoms with Crippen LogP contribution in [0.25, 0.3) is 11.2 Å². The molecule has 102 valence electrons. The number of nitrogens with two attached hydrogens (primary N) is 1. The zero-order valence-electron chi connectivity index (χ0n) is 11.1. The molecule has 1 atom stereocenters. The molecule has 19 heavy (non-hydrogen) atoms. The molecule has 0 bridgehead atoms. The number of nitrogen functional groups attached to an aromatic ring is 1. The quantitative estimate of drug-likeness (QED) is 0.889. The Hall–Kier alpha value is -1.66. The average molecular weight is 261 g/mol. The lowest BCUT2D eigenvalue weighted by molar-refractivity contribution is 0.0328. The summed E-state index contributed by atoms with van der Waals surface area (Å²) in [5, 5.41) is 0. The summed E-state index contributed by atoms with van der Waals surface area (Å²) in [7, 11) is 0. The molecule has 0 aromatic carbocycles. The van der Waals surface area contributed by atoms with Gasteiger partial charge in [0.2, 0.25) is 5.95 Å². The Morgan fingerprint density at radius 1 is 1.42 bits per heavy atom. The fraction of sp³-hybridized carbons (Fsp3) is 0.538. The first-order valence-corrected chi connectivity index (χ1v) is 6.64. The van der Waals surface area contributed by atoms with Crippen molar-refractivity contribution in [3.05, 3.63) is 18.3 Å². The number of morpholine rings is 1. The largest absolute Gasteiger partial charge is 0.379 e. The van der Waals surface area contributed by atoms with Gasteiger partial charge in [0.15, 0.2) is 5.65 Å². The molecule has 2 aromatic rings. The summed E-state index contributed by atoms with van der Waals surface area (Å²) in [6.07, 6.45) is 1.78. The predicted molar refractivity (Wildman–Crippen MR) is 73.9 cm³/mol. The molecule has 0 saturated carbocycles. The summed E-state index contributed by atoms with van der Waals surface area (Å²) in [5.74, 6) is 0.537. The highest BCUT2D eigenvalue weighted by molar-refractivity contribution is 5.73. The van der Waals surface area contributed by atoms with Crippen LogP contribution in [0.5, 0.6) is 0 Å². The molecule has 0 spiro atoms. The number of hydrogen-bond donors (Lipinski definition) is 1. The molecule has 1 aliphatic rings. The minimum atomic E-state index is 0.248. The van der Waals surface area contributed by atoms with Crippen molar-refractivity contribution in [1.82, 2.24) is 19.4 Å². The summed E-state index contributed by atoms with van der Waals surface area (Å²) >= 11 is 0. The molecule has 0 aliphatic carbocycles. The summed E-state index contributed by atoms with van der Waals surface area (Å²) in [4.78, 5) is 11.1. The van der Waals surface area contributed by atoms with E-state index in [0.717, 1.165) is 44.0 Å². The number of imidazole rings is 1. The van der Waals surface area contributed by atoms with E-state index in [9.17, 15) is 0 Å². The normalized spacial score (nSPS) is 18.8. The minimum absolute atomic E-state index is 0.248. The van der Waals surface area contributed by atoms with Gasteiger partial charge >= 0.3 is 0 Å². The fourth-order valence-corrected chi connectivity index (χ4v) is 2.62. The number of aromatic nitrogens is 3. The van der Waals surface area contributed by atoms with Crippen LogP contribution in [0.15, 0.2) is 18.3 Å². The molecule has 2 N–H and O–H groups in total. The van der Waals surface area contributed by atoms with Gasteiger partial charge in [0.05, 0.1) is 13.2 Å². The number of nitrogens with zero attached hydrogens (tertiary/aromatic N) is 4. The molecule has 1 aliphatic heterocycles. The lowest BCUT2D eigenvalue weighted by Crippen LogP contribution is -2.39. The highest BCUT2D eigenvalue weighted by Gasteiger charge is 2.19. The first-order chi connectivity index (χ1) is 9.25. The standard InChI is InChI=1S/C13H19N5O/c1-10(9-17-5-7-19-8-6-17)18-12-11(16-13(18)14)3-2-4-15-12/h2-4,10H,5-9H2,1H3,(H2,14,16). The molecule has 2 aromatic heterocycles. The van der Waals surface area contributed by atoms with Crippen LogP contribution in [-0.2, 0) is 4.74 Å². The van der Waals surface area contributed by atoms with Gasteiger partial charge in [-0.05, 0) is 19.1 Å². The number of fused-ring (bicyclic) bond motifs is 1.